The molecule has 23 heavy (non-hydrogen) atoms. The second-order valence-corrected chi connectivity index (χ2v) is 6.39. The number of fused-ring (bicyclic) bond motifs is 3. The molecule has 3 rings (SSSR count). The van der Waals surface area contributed by atoms with E-state index in [0.29, 0.717) is 0 Å². The number of benzene rings is 1. The Morgan fingerprint density at radius 2 is 2.04 bits per heavy atom. The van der Waals surface area contributed by atoms with Crippen LogP contribution in [0.4, 0.5) is 0 Å². The van der Waals surface area contributed by atoms with Crippen LogP contribution in [0.5, 0.6) is 11.5 Å². The number of methoxy groups -OCH3 is 2. The van der Waals surface area contributed by atoms with E-state index in [-0.39, 0.29) is 41.5 Å². The Hall–Kier alpha value is -1.26. The predicted molar refractivity (Wildman–Crippen MR) is 91.1 cm³/mol. The molecule has 0 bridgehead atoms. The van der Waals surface area contributed by atoms with Crippen molar-refractivity contribution in [3.05, 3.63) is 23.3 Å². The molecule has 1 aromatic rings. The highest BCUT2D eigenvalue weighted by atomic mass is 16.5. The summed E-state index contributed by atoms with van der Waals surface area (Å²) in [7, 11) is 2.79. The minimum atomic E-state index is -2.62. The first kappa shape index (κ1) is 9.90. The van der Waals surface area contributed by atoms with Gasteiger partial charge in [-0.3, -0.25) is 4.90 Å². The summed E-state index contributed by atoms with van der Waals surface area (Å²) in [6.07, 6.45) is -6.47. The van der Waals surface area contributed by atoms with Gasteiger partial charge in [-0.05, 0) is 54.2 Å². The first-order valence-electron chi connectivity index (χ1n) is 11.4. The van der Waals surface area contributed by atoms with Crippen LogP contribution in [0.1, 0.15) is 53.4 Å². The van der Waals surface area contributed by atoms with E-state index < -0.39 is 37.3 Å². The summed E-state index contributed by atoms with van der Waals surface area (Å²) in [5, 5.41) is 10.9. The Morgan fingerprint density at radius 3 is 2.70 bits per heavy atom. The first-order valence-corrected chi connectivity index (χ1v) is 7.86. The zero-order chi connectivity index (χ0) is 22.9. The molecule has 0 aromatic heterocycles. The summed E-state index contributed by atoms with van der Waals surface area (Å²) in [6.45, 7) is 0.764. The molecular weight excluding hydrogens is 290 g/mol. The number of hydrogen-bond donors (Lipinski definition) is 1. The smallest absolute Gasteiger partial charge is 0.161 e. The fourth-order valence-electron chi connectivity index (χ4n) is 3.18. The van der Waals surface area contributed by atoms with Gasteiger partial charge in [0.25, 0.3) is 0 Å². The summed E-state index contributed by atoms with van der Waals surface area (Å²) in [6, 6.07) is 1.48. The number of piperidine rings is 1. The average Bonchev–Trinajstić information content (AvgIpc) is 2.63. The molecule has 3 atom stereocenters. The Labute approximate surface area is 149 Å². The lowest BCUT2D eigenvalue weighted by atomic mass is 9.79. The second-order valence-electron chi connectivity index (χ2n) is 6.39. The van der Waals surface area contributed by atoms with Crippen molar-refractivity contribution in [2.24, 2.45) is 11.8 Å². The number of aryl methyl sites for hydroxylation is 1. The minimum Gasteiger partial charge on any atom is -0.493 e. The highest BCUT2D eigenvalue weighted by Crippen LogP contribution is 2.43. The van der Waals surface area contributed by atoms with Gasteiger partial charge >= 0.3 is 0 Å². The van der Waals surface area contributed by atoms with Crippen molar-refractivity contribution in [3.8, 4) is 11.5 Å². The molecule has 0 saturated carbocycles. The summed E-state index contributed by atoms with van der Waals surface area (Å²) in [5.74, 6) is -1.26. The summed E-state index contributed by atoms with van der Waals surface area (Å²) in [5.41, 5.74) is 0.132. The molecule has 0 spiro atoms. The van der Waals surface area contributed by atoms with Crippen LogP contribution < -0.4 is 9.47 Å². The SMILES string of the molecule is [2H]C1([2H])[C@@H](O)[C@@]([2H])(CC(C)C)CN2[C@@H]1c1cc(OC)c(OC)cc1C([2H])([2H])C2([2H])[2H]. The van der Waals surface area contributed by atoms with E-state index in [0.717, 1.165) is 4.90 Å². The molecule has 1 N–H and O–H groups in total. The van der Waals surface area contributed by atoms with Gasteiger partial charge in [0.15, 0.2) is 11.5 Å². The third-order valence-corrected chi connectivity index (χ3v) is 4.24. The van der Waals surface area contributed by atoms with Crippen LogP contribution in [0.2, 0.25) is 0 Å². The number of nitrogens with zero attached hydrogens (tertiary/aromatic N) is 1. The standard InChI is InChI=1S/C19H29NO3/c1-12(2)7-14-11-20-6-5-13-8-18(22-3)19(23-4)9-15(13)16(20)10-17(14)21/h8-9,12,14,16-17,21H,5-7,10-11H2,1-4H3/t14-,16-,17+/m0/s1/i5D2,6D2,10D2,14D. The molecule has 2 heterocycles. The maximum absolute atomic E-state index is 10.9. The highest BCUT2D eigenvalue weighted by Gasteiger charge is 2.38. The van der Waals surface area contributed by atoms with Gasteiger partial charge in [-0.25, -0.2) is 0 Å². The fourth-order valence-corrected chi connectivity index (χ4v) is 3.18. The highest BCUT2D eigenvalue weighted by molar-refractivity contribution is 5.49. The zero-order valence-corrected chi connectivity index (χ0v) is 14.0. The average molecular weight is 326 g/mol. The number of aliphatic hydroxyl groups excluding tert-OH is 1. The summed E-state index contributed by atoms with van der Waals surface area (Å²) >= 11 is 0. The van der Waals surface area contributed by atoms with Crippen LogP contribution in [0.15, 0.2) is 12.1 Å². The van der Waals surface area contributed by atoms with Crippen LogP contribution in [0.25, 0.3) is 0 Å². The van der Waals surface area contributed by atoms with Gasteiger partial charge in [0.2, 0.25) is 0 Å². The molecule has 0 unspecified atom stereocenters. The van der Waals surface area contributed by atoms with Crippen LogP contribution in [0.3, 0.4) is 0 Å². The fraction of sp³-hybridized carbons (Fsp3) is 0.684. The van der Waals surface area contributed by atoms with Crippen molar-refractivity contribution in [3.63, 3.8) is 0 Å². The van der Waals surface area contributed by atoms with Crippen LogP contribution in [-0.4, -0.2) is 43.4 Å². The molecule has 4 nitrogen and oxygen atoms in total. The van der Waals surface area contributed by atoms with E-state index in [1.165, 1.54) is 26.4 Å². The van der Waals surface area contributed by atoms with Crippen molar-refractivity contribution in [2.75, 3.05) is 27.3 Å². The van der Waals surface area contributed by atoms with E-state index in [1.54, 1.807) is 0 Å². The lowest BCUT2D eigenvalue weighted by Gasteiger charge is -2.46. The molecular formula is C19H29NO3. The van der Waals surface area contributed by atoms with Crippen molar-refractivity contribution in [2.45, 2.75) is 45.2 Å². The largest absolute Gasteiger partial charge is 0.493 e. The van der Waals surface area contributed by atoms with Crippen molar-refractivity contribution >= 4 is 0 Å². The van der Waals surface area contributed by atoms with Gasteiger partial charge in [0, 0.05) is 28.7 Å². The molecule has 1 fully saturated rings. The van der Waals surface area contributed by atoms with Crippen LogP contribution in [-0.2, 0) is 6.37 Å². The van der Waals surface area contributed by atoms with Gasteiger partial charge in [0.1, 0.15) is 0 Å². The van der Waals surface area contributed by atoms with E-state index in [2.05, 4.69) is 0 Å². The maximum atomic E-state index is 10.9. The molecule has 1 aromatic carbocycles. The van der Waals surface area contributed by atoms with E-state index in [1.807, 2.05) is 13.8 Å². The molecule has 0 aliphatic carbocycles. The Bertz CT molecular complexity index is 833. The number of aliphatic hydroxyl groups is 1. The third-order valence-electron chi connectivity index (χ3n) is 4.24. The number of rotatable bonds is 4. The van der Waals surface area contributed by atoms with Crippen LogP contribution >= 0.6 is 0 Å². The summed E-state index contributed by atoms with van der Waals surface area (Å²) < 4.78 is 71.2. The van der Waals surface area contributed by atoms with E-state index >= 15 is 0 Å². The predicted octanol–water partition coefficient (Wildman–Crippen LogP) is 3.03. The lowest BCUT2D eigenvalue weighted by Crippen LogP contribution is -2.48. The number of ether oxygens (including phenoxy) is 2. The summed E-state index contributed by atoms with van der Waals surface area (Å²) in [4.78, 5) is 1.07. The van der Waals surface area contributed by atoms with Gasteiger partial charge < -0.3 is 14.6 Å². The topological polar surface area (TPSA) is 41.9 Å². The van der Waals surface area contributed by atoms with Crippen molar-refractivity contribution < 1.29 is 24.2 Å². The third kappa shape index (κ3) is 3.20. The van der Waals surface area contributed by atoms with Crippen molar-refractivity contribution in [1.82, 2.24) is 4.90 Å². The molecule has 2 aliphatic rings. The van der Waals surface area contributed by atoms with Gasteiger partial charge in [-0.1, -0.05) is 13.8 Å². The molecule has 0 radical (unpaired) electrons. The Kier molecular flexibility index (Phi) is 2.88. The maximum Gasteiger partial charge on any atom is 0.161 e. The zero-order valence-electron chi connectivity index (χ0n) is 21.0. The number of hydrogen-bond acceptors (Lipinski definition) is 4. The Balaban J connectivity index is 2.29. The van der Waals surface area contributed by atoms with Gasteiger partial charge in [-0.2, -0.15) is 0 Å². The molecule has 1 saturated heterocycles. The molecule has 2 aliphatic heterocycles. The van der Waals surface area contributed by atoms with Gasteiger partial charge in [0.05, 0.1) is 20.3 Å². The minimum absolute atomic E-state index is 0.0337. The monoisotopic (exact) mass is 326 g/mol. The molecule has 0 amide bonds. The quantitative estimate of drug-likeness (QED) is 0.923. The van der Waals surface area contributed by atoms with E-state index in [4.69, 9.17) is 19.1 Å². The lowest BCUT2D eigenvalue weighted by molar-refractivity contribution is -0.0191. The normalized spacial score (nSPS) is 41.7. The first-order chi connectivity index (χ1) is 13.6. The second kappa shape index (κ2) is 6.70. The Morgan fingerprint density at radius 1 is 1.35 bits per heavy atom. The van der Waals surface area contributed by atoms with Crippen molar-refractivity contribution in [1.29, 1.82) is 0 Å². The van der Waals surface area contributed by atoms with E-state index in [9.17, 15) is 5.11 Å². The van der Waals surface area contributed by atoms with Gasteiger partial charge in [-0.15, -0.1) is 0 Å². The molecule has 128 valence electrons. The molecule has 4 heteroatoms. The van der Waals surface area contributed by atoms with Crippen LogP contribution in [0, 0.1) is 11.8 Å².